The lowest BCUT2D eigenvalue weighted by Crippen LogP contribution is -2.27. The standard InChI is InChI=1S/C19H18BrFN2O5S/c20-14-5-8-17(16(21)11-14)22-18(24)12-28-19(25)13-3-6-15(7-4-13)29(26,27)23-9-1-2-10-23/h3-8,11H,1-2,9-10,12H2,(H,22,24). The van der Waals surface area contributed by atoms with Gasteiger partial charge in [0.1, 0.15) is 5.82 Å². The Kier molecular flexibility index (Phi) is 6.66. The van der Waals surface area contributed by atoms with Crippen molar-refractivity contribution in [3.05, 3.63) is 58.3 Å². The fourth-order valence-electron chi connectivity index (χ4n) is 2.83. The molecule has 29 heavy (non-hydrogen) atoms. The predicted octanol–water partition coefficient (Wildman–Crippen LogP) is 3.17. The molecular weight excluding hydrogens is 467 g/mol. The maximum atomic E-state index is 13.7. The molecule has 0 aromatic heterocycles. The summed E-state index contributed by atoms with van der Waals surface area (Å²) in [7, 11) is -3.57. The molecule has 154 valence electrons. The van der Waals surface area contributed by atoms with Crippen molar-refractivity contribution in [3.63, 3.8) is 0 Å². The van der Waals surface area contributed by atoms with Crippen LogP contribution in [0.2, 0.25) is 0 Å². The molecular formula is C19H18BrFN2O5S. The molecule has 1 aliphatic heterocycles. The van der Waals surface area contributed by atoms with Gasteiger partial charge in [-0.3, -0.25) is 4.79 Å². The van der Waals surface area contributed by atoms with Crippen molar-refractivity contribution >= 4 is 43.5 Å². The first-order chi connectivity index (χ1) is 13.8. The van der Waals surface area contributed by atoms with E-state index >= 15 is 0 Å². The van der Waals surface area contributed by atoms with Crippen LogP contribution in [-0.4, -0.2) is 44.3 Å². The predicted molar refractivity (Wildman–Crippen MR) is 107 cm³/mol. The van der Waals surface area contributed by atoms with Crippen LogP contribution < -0.4 is 5.32 Å². The van der Waals surface area contributed by atoms with Crippen molar-refractivity contribution in [1.29, 1.82) is 0 Å². The van der Waals surface area contributed by atoms with E-state index in [0.29, 0.717) is 17.6 Å². The van der Waals surface area contributed by atoms with E-state index in [2.05, 4.69) is 21.2 Å². The maximum Gasteiger partial charge on any atom is 0.338 e. The van der Waals surface area contributed by atoms with Crippen LogP contribution in [0.3, 0.4) is 0 Å². The normalized spacial score (nSPS) is 14.6. The number of hydrogen-bond acceptors (Lipinski definition) is 5. The van der Waals surface area contributed by atoms with Crippen LogP contribution in [0.1, 0.15) is 23.2 Å². The van der Waals surface area contributed by atoms with Gasteiger partial charge in [0, 0.05) is 17.6 Å². The largest absolute Gasteiger partial charge is 0.452 e. The van der Waals surface area contributed by atoms with Crippen molar-refractivity contribution in [2.45, 2.75) is 17.7 Å². The topological polar surface area (TPSA) is 92.8 Å². The molecule has 0 unspecified atom stereocenters. The number of esters is 1. The van der Waals surface area contributed by atoms with Gasteiger partial charge >= 0.3 is 5.97 Å². The van der Waals surface area contributed by atoms with Crippen LogP contribution in [0.25, 0.3) is 0 Å². The second kappa shape index (κ2) is 9.02. The highest BCUT2D eigenvalue weighted by atomic mass is 79.9. The van der Waals surface area contributed by atoms with Crippen molar-refractivity contribution in [3.8, 4) is 0 Å². The minimum Gasteiger partial charge on any atom is -0.452 e. The summed E-state index contributed by atoms with van der Waals surface area (Å²) < 4.78 is 45.5. The second-order valence-electron chi connectivity index (χ2n) is 6.38. The summed E-state index contributed by atoms with van der Waals surface area (Å²) >= 11 is 3.11. The Hall–Kier alpha value is -2.30. The average Bonchev–Trinajstić information content (AvgIpc) is 3.24. The second-order valence-corrected chi connectivity index (χ2v) is 9.24. The summed E-state index contributed by atoms with van der Waals surface area (Å²) in [4.78, 5) is 24.1. The van der Waals surface area contributed by atoms with Crippen LogP contribution in [0, 0.1) is 5.82 Å². The van der Waals surface area contributed by atoms with Gasteiger partial charge in [-0.25, -0.2) is 17.6 Å². The number of benzene rings is 2. The molecule has 2 aromatic rings. The van der Waals surface area contributed by atoms with Crippen LogP contribution in [-0.2, 0) is 19.6 Å². The first kappa shape index (κ1) is 21.4. The molecule has 0 radical (unpaired) electrons. The number of anilines is 1. The van der Waals surface area contributed by atoms with E-state index < -0.39 is 34.3 Å². The highest BCUT2D eigenvalue weighted by Crippen LogP contribution is 2.21. The summed E-state index contributed by atoms with van der Waals surface area (Å²) in [5, 5.41) is 2.31. The Morgan fingerprint density at radius 3 is 2.38 bits per heavy atom. The number of nitrogens with zero attached hydrogens (tertiary/aromatic N) is 1. The van der Waals surface area contributed by atoms with Crippen molar-refractivity contribution < 1.29 is 27.1 Å². The van der Waals surface area contributed by atoms with E-state index in [9.17, 15) is 22.4 Å². The number of carbonyl (C=O) groups excluding carboxylic acids is 2. The minimum atomic E-state index is -3.57. The molecule has 1 amide bonds. The molecule has 1 heterocycles. The quantitative estimate of drug-likeness (QED) is 0.635. The summed E-state index contributed by atoms with van der Waals surface area (Å²) in [6, 6.07) is 9.46. The van der Waals surface area contributed by atoms with Crippen LogP contribution in [0.15, 0.2) is 51.8 Å². The fraction of sp³-hybridized carbons (Fsp3) is 0.263. The Labute approximate surface area is 176 Å². The molecule has 3 rings (SSSR count). The molecule has 1 aliphatic rings. The highest BCUT2D eigenvalue weighted by molar-refractivity contribution is 9.10. The fourth-order valence-corrected chi connectivity index (χ4v) is 4.68. The molecule has 1 saturated heterocycles. The lowest BCUT2D eigenvalue weighted by Gasteiger charge is -2.15. The van der Waals surface area contributed by atoms with Crippen molar-refractivity contribution in [1.82, 2.24) is 4.31 Å². The van der Waals surface area contributed by atoms with Gasteiger partial charge in [-0.05, 0) is 55.3 Å². The average molecular weight is 485 g/mol. The first-order valence-electron chi connectivity index (χ1n) is 8.79. The van der Waals surface area contributed by atoms with Gasteiger partial charge in [-0.1, -0.05) is 15.9 Å². The van der Waals surface area contributed by atoms with Crippen molar-refractivity contribution in [2.24, 2.45) is 0 Å². The maximum absolute atomic E-state index is 13.7. The van der Waals surface area contributed by atoms with Crippen LogP contribution in [0.5, 0.6) is 0 Å². The monoisotopic (exact) mass is 484 g/mol. The molecule has 0 aliphatic carbocycles. The smallest absolute Gasteiger partial charge is 0.338 e. The third-order valence-electron chi connectivity index (χ3n) is 4.33. The number of hydrogen-bond donors (Lipinski definition) is 1. The van der Waals surface area contributed by atoms with E-state index in [1.54, 1.807) is 6.07 Å². The lowest BCUT2D eigenvalue weighted by atomic mass is 10.2. The number of rotatable bonds is 6. The molecule has 1 fully saturated rings. The van der Waals surface area contributed by atoms with Gasteiger partial charge in [-0.15, -0.1) is 0 Å². The van der Waals surface area contributed by atoms with Crippen LogP contribution in [0.4, 0.5) is 10.1 Å². The summed E-state index contributed by atoms with van der Waals surface area (Å²) in [6.45, 7) is 0.364. The lowest BCUT2D eigenvalue weighted by molar-refractivity contribution is -0.119. The molecule has 0 bridgehead atoms. The molecule has 10 heteroatoms. The molecule has 0 saturated carbocycles. The third kappa shape index (κ3) is 5.20. The zero-order valence-electron chi connectivity index (χ0n) is 15.2. The minimum absolute atomic E-state index is 0.0364. The number of carbonyl (C=O) groups is 2. The Balaban J connectivity index is 1.57. The van der Waals surface area contributed by atoms with E-state index in [1.807, 2.05) is 0 Å². The van der Waals surface area contributed by atoms with Gasteiger partial charge in [-0.2, -0.15) is 4.31 Å². The molecule has 0 spiro atoms. The summed E-state index contributed by atoms with van der Waals surface area (Å²) in [5.74, 6) is -2.12. The zero-order valence-corrected chi connectivity index (χ0v) is 17.6. The molecule has 2 aromatic carbocycles. The Morgan fingerprint density at radius 1 is 1.10 bits per heavy atom. The Bertz CT molecular complexity index is 1020. The number of nitrogens with one attached hydrogen (secondary N) is 1. The van der Waals surface area contributed by atoms with E-state index in [1.165, 1.54) is 40.7 Å². The van der Waals surface area contributed by atoms with E-state index in [4.69, 9.17) is 4.74 Å². The third-order valence-corrected chi connectivity index (χ3v) is 6.74. The first-order valence-corrected chi connectivity index (χ1v) is 11.0. The summed E-state index contributed by atoms with van der Waals surface area (Å²) in [6.07, 6.45) is 1.66. The van der Waals surface area contributed by atoms with Crippen molar-refractivity contribution in [2.75, 3.05) is 25.0 Å². The SMILES string of the molecule is O=C(COC(=O)c1ccc(S(=O)(=O)N2CCCC2)cc1)Nc1ccc(Br)cc1F. The number of amides is 1. The molecule has 0 atom stereocenters. The molecule has 1 N–H and O–H groups in total. The summed E-state index contributed by atoms with van der Waals surface area (Å²) in [5.41, 5.74) is 0.0683. The van der Waals surface area contributed by atoms with Gasteiger partial charge < -0.3 is 10.1 Å². The van der Waals surface area contributed by atoms with Gasteiger partial charge in [0.2, 0.25) is 10.0 Å². The van der Waals surface area contributed by atoms with Gasteiger partial charge in [0.05, 0.1) is 16.1 Å². The van der Waals surface area contributed by atoms with Gasteiger partial charge in [0.25, 0.3) is 5.91 Å². The zero-order chi connectivity index (χ0) is 21.0. The Morgan fingerprint density at radius 2 is 1.76 bits per heavy atom. The van der Waals surface area contributed by atoms with E-state index in [-0.39, 0.29) is 16.1 Å². The number of ether oxygens (including phenoxy) is 1. The van der Waals surface area contributed by atoms with Crippen LogP contribution >= 0.6 is 15.9 Å². The van der Waals surface area contributed by atoms with Gasteiger partial charge in [0.15, 0.2) is 6.61 Å². The number of sulfonamides is 1. The number of halogens is 2. The molecule has 7 nitrogen and oxygen atoms in total. The highest BCUT2D eigenvalue weighted by Gasteiger charge is 2.27. The van der Waals surface area contributed by atoms with E-state index in [0.717, 1.165) is 12.8 Å².